The van der Waals surface area contributed by atoms with E-state index in [2.05, 4.69) is 93.7 Å². The maximum Gasteiger partial charge on any atom is 0.306 e. The van der Waals surface area contributed by atoms with Gasteiger partial charge in [-0.1, -0.05) is 213 Å². The van der Waals surface area contributed by atoms with Crippen molar-refractivity contribution in [2.75, 3.05) is 13.2 Å². The fourth-order valence-electron chi connectivity index (χ4n) is 6.38. The first-order chi connectivity index (χ1) is 31.0. The number of carbonyl (C=O) groups is 3. The van der Waals surface area contributed by atoms with Gasteiger partial charge in [-0.3, -0.25) is 14.4 Å². The molecule has 0 aliphatic heterocycles. The molecule has 0 radical (unpaired) electrons. The van der Waals surface area contributed by atoms with Gasteiger partial charge in [-0.2, -0.15) is 0 Å². The minimum atomic E-state index is -0.817. The van der Waals surface area contributed by atoms with Crippen LogP contribution in [0.2, 0.25) is 0 Å². The molecule has 0 fully saturated rings. The lowest BCUT2D eigenvalue weighted by Crippen LogP contribution is -2.30. The Morgan fingerprint density at radius 3 is 1.16 bits per heavy atom. The van der Waals surface area contributed by atoms with Crippen LogP contribution in [0.15, 0.2) is 122 Å². The molecule has 0 amide bonds. The molecule has 0 aromatic rings. The van der Waals surface area contributed by atoms with Crippen molar-refractivity contribution in [3.8, 4) is 0 Å². The molecule has 0 saturated carbocycles. The van der Waals surface area contributed by atoms with Gasteiger partial charge in [-0.25, -0.2) is 0 Å². The average Bonchev–Trinajstić information content (AvgIpc) is 3.28. The molecule has 0 aromatic heterocycles. The van der Waals surface area contributed by atoms with Crippen LogP contribution in [-0.2, 0) is 28.6 Å². The molecule has 0 saturated heterocycles. The zero-order chi connectivity index (χ0) is 45.8. The summed E-state index contributed by atoms with van der Waals surface area (Å²) in [4.78, 5) is 37.9. The van der Waals surface area contributed by atoms with Crippen molar-refractivity contribution in [3.63, 3.8) is 0 Å². The van der Waals surface area contributed by atoms with E-state index in [1.54, 1.807) is 0 Å². The Labute approximate surface area is 386 Å². The molecule has 0 aliphatic rings. The van der Waals surface area contributed by atoms with E-state index >= 15 is 0 Å². The van der Waals surface area contributed by atoms with Crippen LogP contribution in [0.1, 0.15) is 201 Å². The van der Waals surface area contributed by atoms with Crippen LogP contribution in [0.5, 0.6) is 0 Å². The minimum absolute atomic E-state index is 0.114. The van der Waals surface area contributed by atoms with Crippen LogP contribution < -0.4 is 0 Å². The molecule has 1 atom stereocenters. The first-order valence-electron chi connectivity index (χ1n) is 25.1. The number of esters is 3. The maximum atomic E-state index is 12.8. The molecule has 354 valence electrons. The fourth-order valence-corrected chi connectivity index (χ4v) is 6.38. The second kappa shape index (κ2) is 50.5. The molecule has 6 heteroatoms. The number of unbranched alkanes of at least 4 members (excludes halogenated alkanes) is 18. The SMILES string of the molecule is CC\C=C/C=C\C=C/C=C\C=C/CCCCCC(=O)OC(COC(=O)CCCCCCC\C=C/C=C\C=C/CCCCCCC)COC(=O)CCCCCCC/C=C\C/C=C\CC. The lowest BCUT2D eigenvalue weighted by Gasteiger charge is -2.18. The number of ether oxygens (including phenoxy) is 3. The Bertz CT molecular complexity index is 1370. The molecule has 6 nitrogen and oxygen atoms in total. The van der Waals surface area contributed by atoms with Gasteiger partial charge in [-0.15, -0.1) is 0 Å². The third kappa shape index (κ3) is 48.7. The van der Waals surface area contributed by atoms with Crippen molar-refractivity contribution in [2.45, 2.75) is 207 Å². The molecular formula is C57H90O6. The molecule has 0 N–H and O–H groups in total. The number of hydrogen-bond donors (Lipinski definition) is 0. The van der Waals surface area contributed by atoms with Gasteiger partial charge in [0.25, 0.3) is 0 Å². The van der Waals surface area contributed by atoms with Gasteiger partial charge in [0.2, 0.25) is 0 Å². The number of hydrogen-bond acceptors (Lipinski definition) is 6. The molecule has 0 heterocycles. The zero-order valence-electron chi connectivity index (χ0n) is 40.3. The van der Waals surface area contributed by atoms with Gasteiger partial charge in [-0.05, 0) is 89.9 Å². The van der Waals surface area contributed by atoms with Crippen molar-refractivity contribution in [2.24, 2.45) is 0 Å². The number of rotatable bonds is 43. The van der Waals surface area contributed by atoms with E-state index in [0.29, 0.717) is 19.3 Å². The number of allylic oxidation sites excluding steroid dienone is 20. The Balaban J connectivity index is 4.53. The monoisotopic (exact) mass is 871 g/mol. The first-order valence-corrected chi connectivity index (χ1v) is 25.1. The highest BCUT2D eigenvalue weighted by molar-refractivity contribution is 5.71. The van der Waals surface area contributed by atoms with Crippen molar-refractivity contribution in [1.29, 1.82) is 0 Å². The van der Waals surface area contributed by atoms with E-state index in [4.69, 9.17) is 14.2 Å². The van der Waals surface area contributed by atoms with Gasteiger partial charge in [0.05, 0.1) is 0 Å². The summed E-state index contributed by atoms with van der Waals surface area (Å²) < 4.78 is 16.7. The van der Waals surface area contributed by atoms with Crippen molar-refractivity contribution in [1.82, 2.24) is 0 Å². The van der Waals surface area contributed by atoms with Crippen LogP contribution in [0.3, 0.4) is 0 Å². The predicted octanol–water partition coefficient (Wildman–Crippen LogP) is 16.5. The lowest BCUT2D eigenvalue weighted by atomic mass is 10.1. The Morgan fingerprint density at radius 2 is 0.698 bits per heavy atom. The van der Waals surface area contributed by atoms with Crippen molar-refractivity contribution in [3.05, 3.63) is 122 Å². The summed E-state index contributed by atoms with van der Waals surface area (Å²) in [5.74, 6) is -0.999. The topological polar surface area (TPSA) is 78.9 Å². The van der Waals surface area contributed by atoms with Crippen LogP contribution >= 0.6 is 0 Å². The first kappa shape index (κ1) is 58.8. The molecule has 1 unspecified atom stereocenters. The molecule has 63 heavy (non-hydrogen) atoms. The summed E-state index contributed by atoms with van der Waals surface area (Å²) in [6, 6.07) is 0. The zero-order valence-corrected chi connectivity index (χ0v) is 40.3. The molecule has 0 bridgehead atoms. The van der Waals surface area contributed by atoms with E-state index in [1.165, 1.54) is 32.1 Å². The van der Waals surface area contributed by atoms with E-state index in [1.807, 2.05) is 48.6 Å². The highest BCUT2D eigenvalue weighted by Gasteiger charge is 2.19. The summed E-state index contributed by atoms with van der Waals surface area (Å²) in [5.41, 5.74) is 0. The molecule has 0 aromatic carbocycles. The Kier molecular flexibility index (Phi) is 47.1. The Hall–Kier alpha value is -4.19. The van der Waals surface area contributed by atoms with Gasteiger partial charge in [0.15, 0.2) is 6.10 Å². The van der Waals surface area contributed by atoms with Gasteiger partial charge >= 0.3 is 17.9 Å². The number of carbonyl (C=O) groups excluding carboxylic acids is 3. The summed E-state index contributed by atoms with van der Waals surface area (Å²) >= 11 is 0. The summed E-state index contributed by atoms with van der Waals surface area (Å²) in [6.07, 6.45) is 68.9. The summed E-state index contributed by atoms with van der Waals surface area (Å²) in [6.45, 7) is 6.28. The van der Waals surface area contributed by atoms with Gasteiger partial charge in [0, 0.05) is 19.3 Å². The van der Waals surface area contributed by atoms with Crippen LogP contribution in [0, 0.1) is 0 Å². The Morgan fingerprint density at radius 1 is 0.349 bits per heavy atom. The van der Waals surface area contributed by atoms with Gasteiger partial charge in [0.1, 0.15) is 13.2 Å². The second-order valence-electron chi connectivity index (χ2n) is 16.1. The standard InChI is InChI=1S/C57H90O6/c1-4-7-10-13-16-19-22-25-27-28-29-31-32-35-38-41-44-47-50-56(59)62-53-54(52-61-55(58)49-46-43-40-37-34-24-21-18-15-12-9-6-3)63-57(60)51-48-45-42-39-36-33-30-26-23-20-17-14-11-8-5-2/h8-9,11-12,14,17-18,20-23,25-31,33,36,54H,4-7,10,13,15-16,19,24,32,34-35,37-53H2,1-3H3/b11-8-,12-9-,17-14-,21-18-,23-20-,25-22-,28-27-,30-26-,31-29-,36-33-. The van der Waals surface area contributed by atoms with E-state index < -0.39 is 6.10 Å². The minimum Gasteiger partial charge on any atom is -0.462 e. The van der Waals surface area contributed by atoms with E-state index in [-0.39, 0.29) is 37.5 Å². The largest absolute Gasteiger partial charge is 0.462 e. The average molecular weight is 871 g/mol. The third-order valence-corrected chi connectivity index (χ3v) is 10.1. The van der Waals surface area contributed by atoms with E-state index in [0.717, 1.165) is 122 Å². The quantitative estimate of drug-likeness (QED) is 0.0200. The summed E-state index contributed by atoms with van der Waals surface area (Å²) in [7, 11) is 0. The van der Waals surface area contributed by atoms with Crippen molar-refractivity contribution < 1.29 is 28.6 Å². The van der Waals surface area contributed by atoms with Crippen LogP contribution in [0.25, 0.3) is 0 Å². The van der Waals surface area contributed by atoms with Crippen LogP contribution in [-0.4, -0.2) is 37.2 Å². The third-order valence-electron chi connectivity index (χ3n) is 10.1. The molecular weight excluding hydrogens is 781 g/mol. The maximum absolute atomic E-state index is 12.8. The fraction of sp³-hybridized carbons (Fsp3) is 0.596. The van der Waals surface area contributed by atoms with Crippen LogP contribution in [0.4, 0.5) is 0 Å². The second-order valence-corrected chi connectivity index (χ2v) is 16.1. The van der Waals surface area contributed by atoms with Gasteiger partial charge < -0.3 is 14.2 Å². The van der Waals surface area contributed by atoms with E-state index in [9.17, 15) is 14.4 Å². The predicted molar refractivity (Wildman–Crippen MR) is 269 cm³/mol. The molecule has 0 aliphatic carbocycles. The summed E-state index contributed by atoms with van der Waals surface area (Å²) in [5, 5.41) is 0. The molecule has 0 rings (SSSR count). The molecule has 0 spiro atoms. The smallest absolute Gasteiger partial charge is 0.306 e. The van der Waals surface area contributed by atoms with Crippen molar-refractivity contribution >= 4 is 17.9 Å². The normalized spacial score (nSPS) is 13.1. The lowest BCUT2D eigenvalue weighted by molar-refractivity contribution is -0.167. The highest BCUT2D eigenvalue weighted by Crippen LogP contribution is 2.12. The highest BCUT2D eigenvalue weighted by atomic mass is 16.6.